The fraction of sp³-hybridized carbons (Fsp3) is 0.375. The third-order valence-corrected chi connectivity index (χ3v) is 2.17. The first-order valence-corrected chi connectivity index (χ1v) is 3.99. The first kappa shape index (κ1) is 6.92. The summed E-state index contributed by atoms with van der Waals surface area (Å²) in [7, 11) is 0. The molecule has 1 aliphatic carbocycles. The van der Waals surface area contributed by atoms with Gasteiger partial charge in [0.15, 0.2) is 0 Å². The van der Waals surface area contributed by atoms with Crippen LogP contribution in [0.15, 0.2) is 12.3 Å². The smallest absolute Gasteiger partial charge is 0.230 e. The summed E-state index contributed by atoms with van der Waals surface area (Å²) in [5, 5.41) is 9.36. The highest BCUT2D eigenvalue weighted by molar-refractivity contribution is 6.31. The highest BCUT2D eigenvalue weighted by Crippen LogP contribution is 2.41. The number of rotatable bonds is 1. The molecule has 1 aromatic heterocycles. The lowest BCUT2D eigenvalue weighted by Crippen LogP contribution is -1.82. The van der Waals surface area contributed by atoms with Gasteiger partial charge in [-0.2, -0.15) is 0 Å². The highest BCUT2D eigenvalue weighted by atomic mass is 35.5. The van der Waals surface area contributed by atoms with Crippen LogP contribution in [0.4, 0.5) is 0 Å². The van der Waals surface area contributed by atoms with Gasteiger partial charge >= 0.3 is 0 Å². The Morgan fingerprint density at radius 3 is 2.82 bits per heavy atom. The van der Waals surface area contributed by atoms with Crippen LogP contribution in [0, 0.1) is 0 Å². The standard InChI is InChI=1S/C8H8ClNO/c9-7-3-6(5-1-2-5)4-10-8(7)11/h3-5H,1-2H2,(H,10,11). The molecule has 1 aromatic rings. The van der Waals surface area contributed by atoms with Crippen LogP contribution in [0.3, 0.4) is 0 Å². The zero-order valence-corrected chi connectivity index (χ0v) is 6.67. The Hall–Kier alpha value is -0.760. The first-order chi connectivity index (χ1) is 5.27. The predicted octanol–water partition coefficient (Wildman–Crippen LogP) is 2.32. The summed E-state index contributed by atoms with van der Waals surface area (Å²) in [6.07, 6.45) is 4.14. The van der Waals surface area contributed by atoms with E-state index in [0.717, 1.165) is 5.56 Å². The quantitative estimate of drug-likeness (QED) is 0.700. The molecule has 1 N–H and O–H groups in total. The Bertz CT molecular complexity index is 283. The van der Waals surface area contributed by atoms with Gasteiger partial charge in [0, 0.05) is 6.20 Å². The Morgan fingerprint density at radius 1 is 1.55 bits per heavy atom. The van der Waals surface area contributed by atoms with E-state index in [2.05, 4.69) is 4.98 Å². The second kappa shape index (κ2) is 2.38. The number of nitrogens with zero attached hydrogens (tertiary/aromatic N) is 1. The number of pyridine rings is 1. The van der Waals surface area contributed by atoms with E-state index in [0.29, 0.717) is 10.9 Å². The number of halogens is 1. The third-order valence-electron chi connectivity index (χ3n) is 1.89. The SMILES string of the molecule is Oc1ncc(C2CC2)cc1Cl. The zero-order chi connectivity index (χ0) is 7.84. The van der Waals surface area contributed by atoms with Crippen LogP contribution in [0.2, 0.25) is 5.02 Å². The maximum atomic E-state index is 9.00. The lowest BCUT2D eigenvalue weighted by Gasteiger charge is -1.98. The summed E-state index contributed by atoms with van der Waals surface area (Å²) < 4.78 is 0. The Morgan fingerprint density at radius 2 is 2.27 bits per heavy atom. The lowest BCUT2D eigenvalue weighted by molar-refractivity contribution is 0.453. The molecule has 0 bridgehead atoms. The molecule has 1 saturated carbocycles. The summed E-state index contributed by atoms with van der Waals surface area (Å²) in [6, 6.07) is 1.79. The minimum Gasteiger partial charge on any atom is -0.492 e. The summed E-state index contributed by atoms with van der Waals surface area (Å²) in [4.78, 5) is 3.76. The van der Waals surface area contributed by atoms with Crippen LogP contribution in [-0.4, -0.2) is 10.1 Å². The monoisotopic (exact) mass is 169 g/mol. The van der Waals surface area contributed by atoms with E-state index in [1.807, 2.05) is 0 Å². The average Bonchev–Trinajstić information content (AvgIpc) is 2.77. The van der Waals surface area contributed by atoms with E-state index in [9.17, 15) is 0 Å². The molecule has 2 rings (SSSR count). The zero-order valence-electron chi connectivity index (χ0n) is 5.92. The van der Waals surface area contributed by atoms with Crippen LogP contribution < -0.4 is 0 Å². The van der Waals surface area contributed by atoms with Crippen molar-refractivity contribution in [3.8, 4) is 5.88 Å². The van der Waals surface area contributed by atoms with Gasteiger partial charge in [-0.3, -0.25) is 0 Å². The van der Waals surface area contributed by atoms with Crippen molar-refractivity contribution in [1.82, 2.24) is 4.98 Å². The van der Waals surface area contributed by atoms with E-state index in [4.69, 9.17) is 16.7 Å². The average molecular weight is 170 g/mol. The molecule has 0 saturated heterocycles. The Kier molecular flexibility index (Phi) is 1.50. The molecule has 11 heavy (non-hydrogen) atoms. The fourth-order valence-corrected chi connectivity index (χ4v) is 1.26. The van der Waals surface area contributed by atoms with Gasteiger partial charge in [-0.1, -0.05) is 11.6 Å². The van der Waals surface area contributed by atoms with Crippen molar-refractivity contribution in [1.29, 1.82) is 0 Å². The van der Waals surface area contributed by atoms with Gasteiger partial charge in [0.05, 0.1) is 0 Å². The van der Waals surface area contributed by atoms with Crippen LogP contribution in [0.5, 0.6) is 5.88 Å². The van der Waals surface area contributed by atoms with Crippen molar-refractivity contribution >= 4 is 11.6 Å². The van der Waals surface area contributed by atoms with Crippen LogP contribution in [0.1, 0.15) is 24.3 Å². The molecular formula is C8H8ClNO. The first-order valence-electron chi connectivity index (χ1n) is 3.62. The minimum atomic E-state index is -0.0731. The summed E-state index contributed by atoms with van der Waals surface area (Å²) in [5.74, 6) is 0.566. The van der Waals surface area contributed by atoms with Crippen molar-refractivity contribution in [2.24, 2.45) is 0 Å². The Balaban J connectivity index is 2.36. The molecule has 1 heterocycles. The summed E-state index contributed by atoms with van der Waals surface area (Å²) in [6.45, 7) is 0. The Labute approximate surface area is 69.8 Å². The number of hydrogen-bond acceptors (Lipinski definition) is 2. The van der Waals surface area contributed by atoms with Gasteiger partial charge in [-0.25, -0.2) is 4.98 Å². The molecule has 2 nitrogen and oxygen atoms in total. The van der Waals surface area contributed by atoms with Gasteiger partial charge in [-0.15, -0.1) is 0 Å². The topological polar surface area (TPSA) is 33.1 Å². The largest absolute Gasteiger partial charge is 0.492 e. The molecule has 0 spiro atoms. The van der Waals surface area contributed by atoms with Crippen molar-refractivity contribution in [3.63, 3.8) is 0 Å². The summed E-state index contributed by atoms with van der Waals surface area (Å²) >= 11 is 5.67. The molecule has 0 amide bonds. The molecule has 3 heteroatoms. The van der Waals surface area contributed by atoms with Gasteiger partial charge in [0.1, 0.15) is 5.02 Å². The van der Waals surface area contributed by atoms with Gasteiger partial charge < -0.3 is 5.11 Å². The van der Waals surface area contributed by atoms with Crippen molar-refractivity contribution < 1.29 is 5.11 Å². The molecule has 1 aliphatic rings. The van der Waals surface area contributed by atoms with E-state index < -0.39 is 0 Å². The fourth-order valence-electron chi connectivity index (χ4n) is 1.09. The maximum Gasteiger partial charge on any atom is 0.230 e. The molecule has 0 atom stereocenters. The number of aromatic hydroxyl groups is 1. The number of hydrogen-bond donors (Lipinski definition) is 1. The molecule has 0 unspecified atom stereocenters. The second-order valence-corrected chi connectivity index (χ2v) is 3.26. The van der Waals surface area contributed by atoms with Gasteiger partial charge in [0.2, 0.25) is 5.88 Å². The molecule has 0 aliphatic heterocycles. The summed E-state index contributed by atoms with van der Waals surface area (Å²) in [5.41, 5.74) is 1.15. The predicted molar refractivity (Wildman–Crippen MR) is 42.9 cm³/mol. The van der Waals surface area contributed by atoms with Crippen molar-refractivity contribution in [3.05, 3.63) is 22.8 Å². The maximum absolute atomic E-state index is 9.00. The number of aromatic nitrogens is 1. The van der Waals surface area contributed by atoms with Crippen molar-refractivity contribution in [2.75, 3.05) is 0 Å². The molecule has 0 aromatic carbocycles. The van der Waals surface area contributed by atoms with Gasteiger partial charge in [-0.05, 0) is 30.4 Å². The van der Waals surface area contributed by atoms with E-state index >= 15 is 0 Å². The normalized spacial score (nSPS) is 16.8. The molecular weight excluding hydrogens is 162 g/mol. The minimum absolute atomic E-state index is 0.0731. The van der Waals surface area contributed by atoms with Crippen molar-refractivity contribution in [2.45, 2.75) is 18.8 Å². The highest BCUT2D eigenvalue weighted by Gasteiger charge is 2.24. The molecule has 0 radical (unpaired) electrons. The third kappa shape index (κ3) is 1.31. The van der Waals surface area contributed by atoms with Crippen LogP contribution in [-0.2, 0) is 0 Å². The second-order valence-electron chi connectivity index (χ2n) is 2.85. The molecule has 58 valence electrons. The van der Waals surface area contributed by atoms with Gasteiger partial charge in [0.25, 0.3) is 0 Å². The van der Waals surface area contributed by atoms with Crippen LogP contribution in [0.25, 0.3) is 0 Å². The lowest BCUT2D eigenvalue weighted by atomic mass is 10.2. The van der Waals surface area contributed by atoms with E-state index in [1.54, 1.807) is 12.3 Å². The van der Waals surface area contributed by atoms with E-state index in [1.165, 1.54) is 12.8 Å². The van der Waals surface area contributed by atoms with E-state index in [-0.39, 0.29) is 5.88 Å². The molecule has 1 fully saturated rings. The van der Waals surface area contributed by atoms with Crippen LogP contribution >= 0.6 is 11.6 Å².